The Morgan fingerprint density at radius 1 is 0.511 bits per heavy atom. The Morgan fingerprint density at radius 3 is 1.60 bits per heavy atom. The van der Waals surface area contributed by atoms with Gasteiger partial charge in [0.05, 0.1) is 31.4 Å². The number of benzene rings is 3. The Morgan fingerprint density at radius 2 is 1.01 bits per heavy atom. The van der Waals surface area contributed by atoms with Gasteiger partial charge in [-0.25, -0.2) is 0 Å². The number of phenolic OH excluding ortho intramolecular Hbond substituents is 1. The first-order valence-corrected chi connectivity index (χ1v) is 44.2. The van der Waals surface area contributed by atoms with Gasteiger partial charge in [0.2, 0.25) is 94.5 Å². The van der Waals surface area contributed by atoms with Crippen LogP contribution in [-0.2, 0) is 110 Å². The number of nitrogens with two attached hydrogens (primary N) is 2. The first-order chi connectivity index (χ1) is 62.3. The van der Waals surface area contributed by atoms with Gasteiger partial charge in [-0.3, -0.25) is 91.1 Å². The van der Waals surface area contributed by atoms with Crippen molar-refractivity contribution in [1.82, 2.24) is 87.6 Å². The number of phenols is 1. The summed E-state index contributed by atoms with van der Waals surface area (Å²) >= 11 is 0.680. The Bertz CT molecular complexity index is 4990. The lowest BCUT2D eigenvalue weighted by Crippen LogP contribution is -2.62. The SMILES string of the molecule is CCCC[C@H]1C(=O)N(C)[C@@H](CCCC)C(=O)N[C@@H](CCC(=O)O)C(=O)N[C@H](C(=O)NCC(N)=O)CSCC(=O)N[C@@H](Cc2ccc(O)cc2)C(=O)N(C)[C@@H](C)C(=O)N[C@@H](CC(=O)O)C(=O)N2CCC[C@H]2C(=O)N[C@@H](CN)C(=O)N[C@@H](CCC(=O)O)C(=O)N2C[C@H](O)C[C@H]2C(=O)N[C@@H](Cc2c[nH]c3ccccc23)C(=O)N[C@@H](CO)C(=O)N[C@@H](Cc2c[nH]c3ccccc23)C(=O)N1C. The molecular formula is C86H117N19O25S. The van der Waals surface area contributed by atoms with E-state index in [-0.39, 0.29) is 70.1 Å². The summed E-state index contributed by atoms with van der Waals surface area (Å²) in [5, 5.41) is 88.7. The molecule has 0 saturated carbocycles. The fourth-order valence-corrected chi connectivity index (χ4v) is 16.6. The van der Waals surface area contributed by atoms with Crippen molar-refractivity contribution in [3.8, 4) is 5.75 Å². The molecule has 15 atom stereocenters. The number of para-hydroxylation sites is 2. The minimum Gasteiger partial charge on any atom is -0.508 e. The van der Waals surface area contributed by atoms with E-state index < -0.39 is 279 Å². The Balaban J connectivity index is 1.19. The van der Waals surface area contributed by atoms with Crippen LogP contribution >= 0.6 is 11.8 Å². The number of fused-ring (bicyclic) bond motifs is 4. The number of aromatic hydroxyl groups is 1. The molecule has 3 aromatic carbocycles. The highest BCUT2D eigenvalue weighted by Crippen LogP contribution is 2.28. The van der Waals surface area contributed by atoms with E-state index in [0.29, 0.717) is 63.1 Å². The molecule has 44 nitrogen and oxygen atoms in total. The zero-order chi connectivity index (χ0) is 96.2. The van der Waals surface area contributed by atoms with Crippen molar-refractivity contribution in [3.63, 3.8) is 0 Å². The molecule has 131 heavy (non-hydrogen) atoms. The molecule has 3 aliphatic rings. The molecule has 0 radical (unpaired) electrons. The summed E-state index contributed by atoms with van der Waals surface area (Å²) in [5.74, 6) is -22.9. The number of carbonyl (C=O) groups excluding carboxylic acids is 16. The van der Waals surface area contributed by atoms with E-state index in [0.717, 1.165) is 31.5 Å². The summed E-state index contributed by atoms with van der Waals surface area (Å²) in [5.41, 5.74) is 13.9. The van der Waals surface area contributed by atoms with Gasteiger partial charge >= 0.3 is 17.9 Å². The smallest absolute Gasteiger partial charge is 0.305 e. The maximum absolute atomic E-state index is 15.6. The number of unbranched alkanes of at least 4 members (excludes halogenated alkanes) is 2. The van der Waals surface area contributed by atoms with Gasteiger partial charge in [-0.05, 0) is 86.4 Å². The fraction of sp³-hybridized carbons (Fsp3) is 0.523. The summed E-state index contributed by atoms with van der Waals surface area (Å²) in [7, 11) is 3.69. The van der Waals surface area contributed by atoms with E-state index in [1.807, 2.05) is 0 Å². The number of primary amides is 1. The van der Waals surface area contributed by atoms with E-state index in [4.69, 9.17) is 11.5 Å². The van der Waals surface area contributed by atoms with Gasteiger partial charge in [0.25, 0.3) is 0 Å². The third kappa shape index (κ3) is 28.6. The lowest BCUT2D eigenvalue weighted by atomic mass is 10.00. The number of aliphatic carboxylic acids is 3. The molecule has 5 aromatic rings. The number of nitrogens with zero attached hydrogens (tertiary/aromatic N) is 5. The minimum absolute atomic E-state index is 0.0680. The quantitative estimate of drug-likeness (QED) is 0.0265. The zero-order valence-corrected chi connectivity index (χ0v) is 74.3. The molecule has 3 fully saturated rings. The summed E-state index contributed by atoms with van der Waals surface area (Å²) in [6, 6.07) is -4.71. The summed E-state index contributed by atoms with van der Waals surface area (Å²) in [4.78, 5) is 282. The number of hydrogen-bond acceptors (Lipinski definition) is 24. The average molecular weight is 1850 g/mol. The van der Waals surface area contributed by atoms with Crippen LogP contribution in [0.5, 0.6) is 5.75 Å². The van der Waals surface area contributed by atoms with Gasteiger partial charge in [0.15, 0.2) is 0 Å². The van der Waals surface area contributed by atoms with Crippen molar-refractivity contribution in [3.05, 3.63) is 102 Å². The number of aliphatic hydroxyl groups is 2. The Labute approximate surface area is 757 Å². The van der Waals surface area contributed by atoms with Crippen LogP contribution in [0.4, 0.5) is 0 Å². The molecule has 45 heteroatoms. The van der Waals surface area contributed by atoms with Crippen LogP contribution in [-0.4, -0.2) is 334 Å². The number of hydrogen-bond donors (Lipinski definition) is 20. The molecule has 0 unspecified atom stereocenters. The number of aromatic amines is 2. The lowest BCUT2D eigenvalue weighted by Gasteiger charge is -2.36. The van der Waals surface area contributed by atoms with Crippen LogP contribution in [0.3, 0.4) is 0 Å². The highest BCUT2D eigenvalue weighted by Gasteiger charge is 2.47. The van der Waals surface area contributed by atoms with Crippen LogP contribution in [0.2, 0.25) is 0 Å². The number of H-pyrrole nitrogens is 2. The first-order valence-electron chi connectivity index (χ1n) is 43.1. The van der Waals surface area contributed by atoms with Crippen molar-refractivity contribution in [2.75, 3.05) is 65.4 Å². The van der Waals surface area contributed by atoms with E-state index in [1.54, 1.807) is 68.6 Å². The normalized spacial score (nSPS) is 25.1. The van der Waals surface area contributed by atoms with Crippen LogP contribution in [0.25, 0.3) is 21.8 Å². The number of amides is 16. The largest absolute Gasteiger partial charge is 0.508 e. The standard InChI is InChI=1S/C86H117N19O25S/c1-7-9-20-64-79(123)93-55(27-29-70(111)112)75(119)100-63(74(118)91-40-68(88)109)43-131-44-69(110)92-58(32-46-23-25-49(107)26-24-46)82(126)101(4)45(3)73(117)96-60(36-72(115)116)85(129)104-31-15-22-65(104)80(124)98-61(37-87)77(121)94-56(28-30-71(113)114)84(128)105-41-50(108)35-67(105)81(125)95-57(33-47-38-89-53-18-13-11-16-51(47)53)76(120)99-62(42-106)78(122)97-59(34-48-39-90-54-19-14-12-17-52(48)54)83(127)103(6)66(21-10-8-2)86(130)102(64)5/h11-14,16-19,23-26,38-39,45,50,55-67,89-90,106-108H,7-10,15,20-22,27-37,40-44,87H2,1-6H3,(H2,88,109)(H,91,118)(H,92,110)(H,93,123)(H,94,121)(H,95,125)(H,96,117)(H,97,122)(H,98,124)(H,99,120)(H,100,119)(H,111,112)(H,113,114)(H,115,116)/t45-,50+,55-,56-,57-,58-,59-,60-,61-,62-,63-,64-,65-,66-,67-/m0/s1. The number of rotatable bonds is 25. The van der Waals surface area contributed by atoms with E-state index in [2.05, 4.69) is 63.1 Å². The number of aromatic nitrogens is 2. The van der Waals surface area contributed by atoms with Gasteiger partial charge in [-0.15, -0.1) is 11.8 Å². The fourth-order valence-electron chi connectivity index (χ4n) is 15.7. The number of carboxylic acids is 3. The first kappa shape index (κ1) is 103. The maximum atomic E-state index is 15.6. The monoisotopic (exact) mass is 1850 g/mol. The van der Waals surface area contributed by atoms with Gasteiger partial charge in [0.1, 0.15) is 90.3 Å². The summed E-state index contributed by atoms with van der Waals surface area (Å²) in [6.45, 7) is 1.25. The molecule has 0 spiro atoms. The molecular weight excluding hydrogens is 1730 g/mol. The number of likely N-dealkylation sites (N-methyl/N-ethyl adjacent to an activating group) is 3. The van der Waals surface area contributed by atoms with Gasteiger partial charge in [-0.1, -0.05) is 88.1 Å². The van der Waals surface area contributed by atoms with Crippen molar-refractivity contribution in [2.45, 2.75) is 221 Å². The second-order valence-corrected chi connectivity index (χ2v) is 33.6. The Hall–Kier alpha value is -13.3. The van der Waals surface area contributed by atoms with E-state index in [1.165, 1.54) is 51.5 Å². The number of aliphatic hydroxyl groups excluding tert-OH is 2. The lowest BCUT2D eigenvalue weighted by molar-refractivity contribution is -0.149. The minimum atomic E-state index is -1.96. The molecule has 2 aromatic heterocycles. The number of carbonyl (C=O) groups is 19. The average Bonchev–Trinajstić information content (AvgIpc) is 1.80. The van der Waals surface area contributed by atoms with E-state index in [9.17, 15) is 88.2 Å². The van der Waals surface area contributed by atoms with Crippen LogP contribution in [0.15, 0.2) is 85.2 Å². The van der Waals surface area contributed by atoms with Crippen molar-refractivity contribution in [1.29, 1.82) is 0 Å². The topological polar surface area (TPSA) is 666 Å². The maximum Gasteiger partial charge on any atom is 0.305 e. The number of thioether (sulfide) groups is 1. The zero-order valence-electron chi connectivity index (χ0n) is 73.5. The molecule has 0 aliphatic carbocycles. The molecule has 712 valence electrons. The third-order valence-electron chi connectivity index (χ3n) is 23.2. The Kier molecular flexibility index (Phi) is 38.5. The van der Waals surface area contributed by atoms with Crippen molar-refractivity contribution >= 4 is 146 Å². The van der Waals surface area contributed by atoms with Crippen LogP contribution < -0.4 is 64.6 Å². The highest BCUT2D eigenvalue weighted by atomic mass is 32.2. The van der Waals surface area contributed by atoms with Crippen molar-refractivity contribution in [2.24, 2.45) is 11.5 Å². The van der Waals surface area contributed by atoms with Crippen LogP contribution in [0.1, 0.15) is 127 Å². The molecule has 0 bridgehead atoms. The number of nitrogens with one attached hydrogen (secondary N) is 12. The number of carboxylic acid groups (broad SMARTS) is 3. The van der Waals surface area contributed by atoms with Crippen molar-refractivity contribution < 1.29 is 122 Å². The van der Waals surface area contributed by atoms with Gasteiger partial charge < -0.3 is 130 Å². The summed E-state index contributed by atoms with van der Waals surface area (Å²) in [6.07, 6.45) is -2.72. The molecule has 5 heterocycles. The molecule has 3 saturated heterocycles. The van der Waals surface area contributed by atoms with Crippen LogP contribution in [0, 0.1) is 0 Å². The predicted octanol–water partition coefficient (Wildman–Crippen LogP) is -3.92. The second-order valence-electron chi connectivity index (χ2n) is 32.6. The molecule has 3 aliphatic heterocycles. The molecule has 16 amide bonds. The third-order valence-corrected chi connectivity index (χ3v) is 24.2. The van der Waals surface area contributed by atoms with Gasteiger partial charge in [-0.2, -0.15) is 0 Å². The summed E-state index contributed by atoms with van der Waals surface area (Å²) < 4.78 is 0. The molecule has 8 rings (SSSR count). The predicted molar refractivity (Wildman–Crippen MR) is 470 cm³/mol. The van der Waals surface area contributed by atoms with E-state index >= 15 is 33.6 Å². The highest BCUT2D eigenvalue weighted by molar-refractivity contribution is 8.00. The van der Waals surface area contributed by atoms with Gasteiger partial charge in [0, 0.05) is 119 Å². The second kappa shape index (κ2) is 48.9. The molecule has 22 N–H and O–H groups in total.